The Morgan fingerprint density at radius 1 is 1.50 bits per heavy atom. The van der Waals surface area contributed by atoms with Gasteiger partial charge < -0.3 is 15.4 Å². The number of nitrogens with two attached hydrogens (primary N) is 1. The van der Waals surface area contributed by atoms with Gasteiger partial charge in [-0.1, -0.05) is 6.07 Å². The molecule has 1 unspecified atom stereocenters. The van der Waals surface area contributed by atoms with E-state index in [9.17, 15) is 0 Å². The molecule has 2 rings (SSSR count). The number of methoxy groups -OCH3 is 1. The number of rotatable bonds is 4. The third-order valence-corrected chi connectivity index (χ3v) is 4.41. The molecule has 0 spiro atoms. The molecule has 1 fully saturated rings. The Kier molecular flexibility index (Phi) is 4.92. The minimum absolute atomic E-state index is 0.349. The number of hydrogen-bond acceptors (Lipinski definition) is 4. The van der Waals surface area contributed by atoms with Crippen molar-refractivity contribution in [2.24, 2.45) is 5.73 Å². The number of hydrogen-bond donors (Lipinski definition) is 1. The van der Waals surface area contributed by atoms with Crippen LogP contribution in [0.25, 0.3) is 0 Å². The maximum atomic E-state index is 5.93. The summed E-state index contributed by atoms with van der Waals surface area (Å²) >= 11 is 1.77. The molecule has 1 aliphatic rings. The molecule has 1 heterocycles. The lowest BCUT2D eigenvalue weighted by molar-refractivity contribution is 0.0893. The summed E-state index contributed by atoms with van der Waals surface area (Å²) < 4.78 is 5.49. The summed E-state index contributed by atoms with van der Waals surface area (Å²) in [5, 5.41) is 0. The molecule has 18 heavy (non-hydrogen) atoms. The molecule has 3 nitrogen and oxygen atoms in total. The monoisotopic (exact) mass is 266 g/mol. The van der Waals surface area contributed by atoms with Gasteiger partial charge in [0.15, 0.2) is 0 Å². The number of anilines is 1. The summed E-state index contributed by atoms with van der Waals surface area (Å²) in [5.41, 5.74) is 8.48. The third-order valence-electron chi connectivity index (χ3n) is 3.58. The highest BCUT2D eigenvalue weighted by Gasteiger charge is 2.21. The zero-order valence-corrected chi connectivity index (χ0v) is 12.0. The molecule has 0 bridgehead atoms. The second-order valence-electron chi connectivity index (χ2n) is 4.61. The van der Waals surface area contributed by atoms with Crippen molar-refractivity contribution in [2.45, 2.75) is 30.4 Å². The molecule has 0 aliphatic carbocycles. The number of ether oxygens (including phenoxy) is 1. The summed E-state index contributed by atoms with van der Waals surface area (Å²) in [5.74, 6) is 0. The topological polar surface area (TPSA) is 38.5 Å². The van der Waals surface area contributed by atoms with Crippen molar-refractivity contribution < 1.29 is 4.74 Å². The van der Waals surface area contributed by atoms with E-state index in [0.29, 0.717) is 12.6 Å². The van der Waals surface area contributed by atoms with Crippen LogP contribution in [0.4, 0.5) is 5.69 Å². The van der Waals surface area contributed by atoms with E-state index in [2.05, 4.69) is 29.4 Å². The van der Waals surface area contributed by atoms with Crippen LogP contribution in [-0.2, 0) is 11.3 Å². The van der Waals surface area contributed by atoms with Crippen LogP contribution in [0.1, 0.15) is 18.4 Å². The fourth-order valence-corrected chi connectivity index (χ4v) is 3.25. The van der Waals surface area contributed by atoms with Crippen molar-refractivity contribution in [1.29, 1.82) is 0 Å². The Hall–Kier alpha value is -0.710. The van der Waals surface area contributed by atoms with Crippen molar-refractivity contribution in [3.8, 4) is 0 Å². The highest BCUT2D eigenvalue weighted by molar-refractivity contribution is 7.98. The lowest BCUT2D eigenvalue weighted by Gasteiger charge is -2.35. The van der Waals surface area contributed by atoms with Crippen LogP contribution in [0.15, 0.2) is 23.1 Å². The van der Waals surface area contributed by atoms with Gasteiger partial charge in [0.25, 0.3) is 0 Å². The van der Waals surface area contributed by atoms with Gasteiger partial charge in [0.05, 0.1) is 6.10 Å². The van der Waals surface area contributed by atoms with Crippen LogP contribution < -0.4 is 10.6 Å². The Balaban J connectivity index is 2.26. The average molecular weight is 266 g/mol. The van der Waals surface area contributed by atoms with Crippen LogP contribution in [0.2, 0.25) is 0 Å². The Bertz CT molecular complexity index is 397. The first-order chi connectivity index (χ1) is 8.80. The Morgan fingerprint density at radius 3 is 3.00 bits per heavy atom. The van der Waals surface area contributed by atoms with Gasteiger partial charge in [0.2, 0.25) is 0 Å². The molecule has 0 aromatic heterocycles. The van der Waals surface area contributed by atoms with E-state index in [1.54, 1.807) is 18.9 Å². The fourth-order valence-electron chi connectivity index (χ4n) is 2.60. The lowest BCUT2D eigenvalue weighted by atomic mass is 10.1. The normalized spacial score (nSPS) is 20.2. The largest absolute Gasteiger partial charge is 0.380 e. The van der Waals surface area contributed by atoms with E-state index in [1.165, 1.54) is 22.6 Å². The maximum Gasteiger partial charge on any atom is 0.0746 e. The number of nitrogens with zero attached hydrogens (tertiary/aromatic N) is 1. The lowest BCUT2D eigenvalue weighted by Crippen LogP contribution is -2.39. The van der Waals surface area contributed by atoms with E-state index in [1.807, 2.05) is 0 Å². The first-order valence-electron chi connectivity index (χ1n) is 6.43. The highest BCUT2D eigenvalue weighted by Crippen LogP contribution is 2.31. The zero-order chi connectivity index (χ0) is 13.0. The molecule has 1 saturated heterocycles. The SMILES string of the molecule is COC1CCCN(c2cccc(SC)c2CN)C1. The van der Waals surface area contributed by atoms with Crippen LogP contribution >= 0.6 is 11.8 Å². The van der Waals surface area contributed by atoms with Gasteiger partial charge in [0.1, 0.15) is 0 Å². The van der Waals surface area contributed by atoms with E-state index >= 15 is 0 Å². The minimum atomic E-state index is 0.349. The van der Waals surface area contributed by atoms with Crippen LogP contribution in [0, 0.1) is 0 Å². The van der Waals surface area contributed by atoms with Gasteiger partial charge >= 0.3 is 0 Å². The fraction of sp³-hybridized carbons (Fsp3) is 0.571. The molecular weight excluding hydrogens is 244 g/mol. The van der Waals surface area contributed by atoms with Crippen molar-refractivity contribution in [2.75, 3.05) is 31.4 Å². The van der Waals surface area contributed by atoms with Gasteiger partial charge in [-0.25, -0.2) is 0 Å². The molecule has 0 radical (unpaired) electrons. The summed E-state index contributed by atoms with van der Waals surface area (Å²) in [6.45, 7) is 2.67. The molecule has 100 valence electrons. The van der Waals surface area contributed by atoms with Crippen LogP contribution in [0.5, 0.6) is 0 Å². The van der Waals surface area contributed by atoms with Gasteiger partial charge in [-0.05, 0) is 31.2 Å². The second kappa shape index (κ2) is 6.45. The van der Waals surface area contributed by atoms with E-state index in [4.69, 9.17) is 10.5 Å². The summed E-state index contributed by atoms with van der Waals surface area (Å²) in [4.78, 5) is 3.70. The second-order valence-corrected chi connectivity index (χ2v) is 5.46. The standard InChI is InChI=1S/C14H22N2OS/c1-17-11-5-4-8-16(10-11)13-6-3-7-14(18-2)12(13)9-15/h3,6-7,11H,4-5,8-10,15H2,1-2H3. The molecule has 0 amide bonds. The number of piperidine rings is 1. The Labute approximate surface area is 114 Å². The van der Waals surface area contributed by atoms with E-state index in [-0.39, 0.29) is 0 Å². The molecule has 1 aliphatic heterocycles. The number of thioether (sulfide) groups is 1. The van der Waals surface area contributed by atoms with Crippen molar-refractivity contribution in [3.63, 3.8) is 0 Å². The molecule has 0 saturated carbocycles. The first-order valence-corrected chi connectivity index (χ1v) is 7.66. The smallest absolute Gasteiger partial charge is 0.0746 e. The third kappa shape index (κ3) is 2.82. The predicted octanol–water partition coefficient (Wildman–Crippen LogP) is 2.48. The highest BCUT2D eigenvalue weighted by atomic mass is 32.2. The van der Waals surface area contributed by atoms with Crippen molar-refractivity contribution in [1.82, 2.24) is 0 Å². The summed E-state index contributed by atoms with van der Waals surface area (Å²) in [7, 11) is 1.80. The van der Waals surface area contributed by atoms with Crippen molar-refractivity contribution in [3.05, 3.63) is 23.8 Å². The van der Waals surface area contributed by atoms with Gasteiger partial charge in [-0.15, -0.1) is 11.8 Å². The maximum absolute atomic E-state index is 5.93. The quantitative estimate of drug-likeness (QED) is 0.850. The Morgan fingerprint density at radius 2 is 2.33 bits per heavy atom. The summed E-state index contributed by atoms with van der Waals surface area (Å²) in [6.07, 6.45) is 4.80. The molecule has 1 aromatic carbocycles. The van der Waals surface area contributed by atoms with Crippen LogP contribution in [0.3, 0.4) is 0 Å². The van der Waals surface area contributed by atoms with Gasteiger partial charge in [-0.3, -0.25) is 0 Å². The minimum Gasteiger partial charge on any atom is -0.380 e. The molecule has 4 heteroatoms. The molecule has 2 N–H and O–H groups in total. The first kappa shape index (κ1) is 13.7. The predicted molar refractivity (Wildman–Crippen MR) is 78.4 cm³/mol. The van der Waals surface area contributed by atoms with Gasteiger partial charge in [0, 0.05) is 42.9 Å². The average Bonchev–Trinajstić information content (AvgIpc) is 2.46. The van der Waals surface area contributed by atoms with Gasteiger partial charge in [-0.2, -0.15) is 0 Å². The number of benzene rings is 1. The summed E-state index contributed by atoms with van der Waals surface area (Å²) in [6, 6.07) is 6.45. The molecular formula is C14H22N2OS. The molecule has 1 atom stereocenters. The molecule has 1 aromatic rings. The zero-order valence-electron chi connectivity index (χ0n) is 11.2. The van der Waals surface area contributed by atoms with E-state index in [0.717, 1.165) is 19.5 Å². The van der Waals surface area contributed by atoms with E-state index < -0.39 is 0 Å². The van der Waals surface area contributed by atoms with Crippen LogP contribution in [-0.4, -0.2) is 32.6 Å². The van der Waals surface area contributed by atoms with Crippen molar-refractivity contribution >= 4 is 17.4 Å².